The van der Waals surface area contributed by atoms with Gasteiger partial charge in [0.1, 0.15) is 0 Å². The van der Waals surface area contributed by atoms with Crippen LogP contribution in [0, 0.1) is 23.2 Å². The van der Waals surface area contributed by atoms with Gasteiger partial charge < -0.3 is 10.2 Å². The van der Waals surface area contributed by atoms with Gasteiger partial charge in [0, 0.05) is 17.8 Å². The van der Waals surface area contributed by atoms with Crippen molar-refractivity contribution in [2.24, 2.45) is 23.2 Å². The number of carbonyl (C=O) groups excluding carboxylic acids is 1. The highest BCUT2D eigenvalue weighted by molar-refractivity contribution is 5.95. The molecule has 3 aliphatic rings. The Morgan fingerprint density at radius 3 is 2.48 bits per heavy atom. The van der Waals surface area contributed by atoms with Crippen LogP contribution in [0.5, 0.6) is 0 Å². The maximum atomic E-state index is 13.3. The molecule has 3 aliphatic carbocycles. The molecule has 0 aromatic heterocycles. The number of benzene rings is 1. The molecule has 3 fully saturated rings. The molecule has 0 spiro atoms. The Hall–Kier alpha value is -1.35. The Labute approximate surface area is 164 Å². The molecule has 0 saturated heterocycles. The van der Waals surface area contributed by atoms with E-state index >= 15 is 0 Å². The van der Waals surface area contributed by atoms with Crippen LogP contribution in [-0.4, -0.2) is 24.5 Å². The standard InChI is InChI=1S/C24H36N2O/c1-17-21-14-18(15-24(21,2)3)23(17)25-16-22(27)26(19-10-6-4-7-11-19)20-12-8-5-9-13-20/h4,6-7,10-11,17-18,20-21,23,25H,5,8-9,12-16H2,1-3H3/t17-,18-,21-,23?/m0/s1. The smallest absolute Gasteiger partial charge is 0.241 e. The number of nitrogens with zero attached hydrogens (tertiary/aromatic N) is 1. The van der Waals surface area contributed by atoms with Gasteiger partial charge in [0.15, 0.2) is 0 Å². The van der Waals surface area contributed by atoms with Gasteiger partial charge in [-0.15, -0.1) is 0 Å². The summed E-state index contributed by atoms with van der Waals surface area (Å²) in [6.07, 6.45) is 8.72. The van der Waals surface area contributed by atoms with Crippen LogP contribution >= 0.6 is 0 Å². The Morgan fingerprint density at radius 1 is 1.15 bits per heavy atom. The largest absolute Gasteiger partial charge is 0.308 e. The van der Waals surface area contributed by atoms with E-state index < -0.39 is 0 Å². The summed E-state index contributed by atoms with van der Waals surface area (Å²) in [5, 5.41) is 3.70. The molecule has 4 atom stereocenters. The van der Waals surface area contributed by atoms with Gasteiger partial charge in [0.05, 0.1) is 6.54 Å². The van der Waals surface area contributed by atoms with Crippen molar-refractivity contribution in [3.63, 3.8) is 0 Å². The molecule has 1 amide bonds. The Balaban J connectivity index is 1.43. The van der Waals surface area contributed by atoms with Gasteiger partial charge in [-0.05, 0) is 61.0 Å². The number of fused-ring (bicyclic) bond motifs is 2. The average Bonchev–Trinajstić information content (AvgIpc) is 3.14. The Bertz CT molecular complexity index is 648. The summed E-state index contributed by atoms with van der Waals surface area (Å²) in [7, 11) is 0. The van der Waals surface area contributed by atoms with Crippen molar-refractivity contribution in [2.45, 2.75) is 77.8 Å². The number of anilines is 1. The van der Waals surface area contributed by atoms with E-state index in [4.69, 9.17) is 0 Å². The van der Waals surface area contributed by atoms with Crippen LogP contribution < -0.4 is 10.2 Å². The maximum Gasteiger partial charge on any atom is 0.241 e. The lowest BCUT2D eigenvalue weighted by Gasteiger charge is -2.40. The molecule has 2 bridgehead atoms. The lowest BCUT2D eigenvalue weighted by Crippen LogP contribution is -2.50. The maximum absolute atomic E-state index is 13.3. The zero-order valence-electron chi connectivity index (χ0n) is 17.3. The molecule has 1 N–H and O–H groups in total. The number of hydrogen-bond acceptors (Lipinski definition) is 2. The fourth-order valence-electron chi connectivity index (χ4n) is 6.56. The monoisotopic (exact) mass is 368 g/mol. The zero-order valence-corrected chi connectivity index (χ0v) is 17.3. The molecule has 3 nitrogen and oxygen atoms in total. The third-order valence-corrected chi connectivity index (χ3v) is 7.79. The highest BCUT2D eigenvalue weighted by Gasteiger charge is 2.54. The van der Waals surface area contributed by atoms with Crippen molar-refractivity contribution in [2.75, 3.05) is 11.4 Å². The second-order valence-electron chi connectivity index (χ2n) is 9.95. The quantitative estimate of drug-likeness (QED) is 0.792. The van der Waals surface area contributed by atoms with Gasteiger partial charge in [0.2, 0.25) is 5.91 Å². The second kappa shape index (κ2) is 7.58. The minimum atomic E-state index is 0.252. The molecule has 27 heavy (non-hydrogen) atoms. The summed E-state index contributed by atoms with van der Waals surface area (Å²) in [6, 6.07) is 11.2. The minimum absolute atomic E-state index is 0.252. The molecule has 3 heteroatoms. The van der Waals surface area contributed by atoms with Crippen molar-refractivity contribution < 1.29 is 4.79 Å². The highest BCUT2D eigenvalue weighted by atomic mass is 16.2. The molecule has 0 radical (unpaired) electrons. The average molecular weight is 369 g/mol. The van der Waals surface area contributed by atoms with Crippen molar-refractivity contribution >= 4 is 11.6 Å². The molecule has 3 saturated carbocycles. The molecule has 0 aliphatic heterocycles. The lowest BCUT2D eigenvalue weighted by molar-refractivity contribution is -0.118. The van der Waals surface area contributed by atoms with Crippen LogP contribution in [0.4, 0.5) is 5.69 Å². The van der Waals surface area contributed by atoms with Crippen LogP contribution in [0.2, 0.25) is 0 Å². The van der Waals surface area contributed by atoms with Crippen LogP contribution in [-0.2, 0) is 4.79 Å². The van der Waals surface area contributed by atoms with Crippen LogP contribution in [0.25, 0.3) is 0 Å². The number of amides is 1. The third-order valence-electron chi connectivity index (χ3n) is 7.79. The number of carbonyl (C=O) groups is 1. The first-order valence-electron chi connectivity index (χ1n) is 11.1. The van der Waals surface area contributed by atoms with E-state index in [2.05, 4.69) is 43.1 Å². The first-order chi connectivity index (χ1) is 13.0. The molecule has 0 heterocycles. The summed E-state index contributed by atoms with van der Waals surface area (Å²) >= 11 is 0. The van der Waals surface area contributed by atoms with Crippen molar-refractivity contribution in [1.29, 1.82) is 0 Å². The van der Waals surface area contributed by atoms with E-state index in [1.807, 2.05) is 18.2 Å². The minimum Gasteiger partial charge on any atom is -0.308 e. The molecular formula is C24H36N2O. The number of rotatable bonds is 5. The van der Waals surface area contributed by atoms with Gasteiger partial charge in [-0.2, -0.15) is 0 Å². The summed E-state index contributed by atoms with van der Waals surface area (Å²) in [5.41, 5.74) is 1.54. The van der Waals surface area contributed by atoms with E-state index in [0.29, 0.717) is 30.0 Å². The first-order valence-corrected chi connectivity index (χ1v) is 11.1. The van der Waals surface area contributed by atoms with Crippen LogP contribution in [0.1, 0.15) is 65.7 Å². The van der Waals surface area contributed by atoms with E-state index in [0.717, 1.165) is 30.4 Å². The van der Waals surface area contributed by atoms with E-state index in [1.165, 1.54) is 32.1 Å². The highest BCUT2D eigenvalue weighted by Crippen LogP contribution is 2.58. The van der Waals surface area contributed by atoms with Gasteiger partial charge in [-0.3, -0.25) is 4.79 Å². The fraction of sp³-hybridized carbons (Fsp3) is 0.708. The lowest BCUT2D eigenvalue weighted by atomic mass is 9.70. The molecule has 1 aromatic carbocycles. The van der Waals surface area contributed by atoms with Gasteiger partial charge >= 0.3 is 0 Å². The van der Waals surface area contributed by atoms with E-state index in [-0.39, 0.29) is 5.91 Å². The van der Waals surface area contributed by atoms with Crippen LogP contribution in [0.15, 0.2) is 30.3 Å². The number of hydrogen-bond donors (Lipinski definition) is 1. The Morgan fingerprint density at radius 2 is 1.85 bits per heavy atom. The van der Waals surface area contributed by atoms with Gasteiger partial charge in [-0.25, -0.2) is 0 Å². The SMILES string of the molecule is C[C@@H]1C(NCC(=O)N(c2ccccc2)C2CCCCC2)[C@H]2C[C@@H]1C(C)(C)C2. The van der Waals surface area contributed by atoms with Crippen molar-refractivity contribution in [1.82, 2.24) is 5.32 Å². The van der Waals surface area contributed by atoms with Crippen molar-refractivity contribution in [3.8, 4) is 0 Å². The number of nitrogens with one attached hydrogen (secondary N) is 1. The van der Waals surface area contributed by atoms with Crippen LogP contribution in [0.3, 0.4) is 0 Å². The van der Waals surface area contributed by atoms with E-state index in [1.54, 1.807) is 0 Å². The fourth-order valence-corrected chi connectivity index (χ4v) is 6.56. The zero-order chi connectivity index (χ0) is 19.0. The third kappa shape index (κ3) is 3.68. The molecule has 1 aromatic rings. The first kappa shape index (κ1) is 19.0. The predicted molar refractivity (Wildman–Crippen MR) is 112 cm³/mol. The predicted octanol–water partition coefficient (Wildman–Crippen LogP) is 5.01. The molecule has 4 rings (SSSR count). The molecule has 1 unspecified atom stereocenters. The van der Waals surface area contributed by atoms with Gasteiger partial charge in [-0.1, -0.05) is 58.2 Å². The summed E-state index contributed by atoms with van der Waals surface area (Å²) in [5.74, 6) is 2.47. The Kier molecular flexibility index (Phi) is 5.33. The molecular weight excluding hydrogens is 332 g/mol. The summed E-state index contributed by atoms with van der Waals surface area (Å²) < 4.78 is 0. The van der Waals surface area contributed by atoms with E-state index in [9.17, 15) is 4.79 Å². The topological polar surface area (TPSA) is 32.3 Å². The second-order valence-corrected chi connectivity index (χ2v) is 9.95. The molecule has 148 valence electrons. The van der Waals surface area contributed by atoms with Crippen molar-refractivity contribution in [3.05, 3.63) is 30.3 Å². The summed E-state index contributed by atoms with van der Waals surface area (Å²) in [6.45, 7) is 7.72. The summed E-state index contributed by atoms with van der Waals surface area (Å²) in [4.78, 5) is 15.4. The normalized spacial score (nSPS) is 32.6. The van der Waals surface area contributed by atoms with Gasteiger partial charge in [0.25, 0.3) is 0 Å². The number of para-hydroxylation sites is 1.